The van der Waals surface area contributed by atoms with Crippen molar-refractivity contribution in [2.24, 2.45) is 0 Å². The van der Waals surface area contributed by atoms with Crippen LogP contribution >= 0.6 is 0 Å². The zero-order valence-corrected chi connectivity index (χ0v) is 9.09. The second kappa shape index (κ2) is 5.29. The standard InChI is InChI=1S/C14H16/c1-12(2)6-4-5-7-14-10-8-13(3)9-11-14/h6,8-11H,4H2,1-3H3. The first-order valence-corrected chi connectivity index (χ1v) is 4.87. The molecule has 0 fully saturated rings. The third kappa shape index (κ3) is 3.96. The Morgan fingerprint density at radius 2 is 1.86 bits per heavy atom. The van der Waals surface area contributed by atoms with E-state index >= 15 is 0 Å². The largest absolute Gasteiger partial charge is 0.0937 e. The van der Waals surface area contributed by atoms with Gasteiger partial charge in [0.05, 0.1) is 0 Å². The van der Waals surface area contributed by atoms with E-state index in [2.05, 4.69) is 63.0 Å². The summed E-state index contributed by atoms with van der Waals surface area (Å²) in [4.78, 5) is 0. The van der Waals surface area contributed by atoms with Gasteiger partial charge in [-0.05, 0) is 32.9 Å². The van der Waals surface area contributed by atoms with E-state index in [1.165, 1.54) is 11.1 Å². The lowest BCUT2D eigenvalue weighted by atomic mass is 10.1. The molecule has 0 radical (unpaired) electrons. The van der Waals surface area contributed by atoms with Crippen molar-refractivity contribution < 1.29 is 0 Å². The minimum absolute atomic E-state index is 0.843. The van der Waals surface area contributed by atoms with Gasteiger partial charge in [-0.3, -0.25) is 0 Å². The molecule has 0 aromatic heterocycles. The lowest BCUT2D eigenvalue weighted by molar-refractivity contribution is 1.31. The monoisotopic (exact) mass is 184 g/mol. The smallest absolute Gasteiger partial charge is 0.0275 e. The van der Waals surface area contributed by atoms with Gasteiger partial charge in [-0.25, -0.2) is 0 Å². The number of hydrogen-bond donors (Lipinski definition) is 0. The molecule has 1 aromatic carbocycles. The van der Waals surface area contributed by atoms with Crippen molar-refractivity contribution in [1.29, 1.82) is 0 Å². The van der Waals surface area contributed by atoms with Crippen molar-refractivity contribution in [3.05, 3.63) is 47.0 Å². The van der Waals surface area contributed by atoms with Gasteiger partial charge in [0.15, 0.2) is 0 Å². The Bertz CT molecular complexity index is 365. The average molecular weight is 184 g/mol. The molecule has 0 spiro atoms. The van der Waals surface area contributed by atoms with Crippen LogP contribution in [0.4, 0.5) is 0 Å². The van der Waals surface area contributed by atoms with Gasteiger partial charge in [0.1, 0.15) is 0 Å². The molecule has 0 saturated heterocycles. The Hall–Kier alpha value is -1.48. The summed E-state index contributed by atoms with van der Waals surface area (Å²) in [6, 6.07) is 8.30. The fourth-order valence-electron chi connectivity index (χ4n) is 1.05. The molecular formula is C14H16. The van der Waals surface area contributed by atoms with Crippen LogP contribution < -0.4 is 0 Å². The lowest BCUT2D eigenvalue weighted by Crippen LogP contribution is -1.74. The molecule has 0 nitrogen and oxygen atoms in total. The minimum atomic E-state index is 0.843. The second-order valence-electron chi connectivity index (χ2n) is 3.65. The van der Waals surface area contributed by atoms with Crippen LogP contribution in [0.5, 0.6) is 0 Å². The highest BCUT2D eigenvalue weighted by Gasteiger charge is 1.84. The molecule has 0 heterocycles. The van der Waals surface area contributed by atoms with Gasteiger partial charge in [-0.1, -0.05) is 41.2 Å². The Morgan fingerprint density at radius 3 is 2.43 bits per heavy atom. The van der Waals surface area contributed by atoms with Crippen LogP contribution in [-0.4, -0.2) is 0 Å². The zero-order valence-electron chi connectivity index (χ0n) is 9.09. The molecular weight excluding hydrogens is 168 g/mol. The molecule has 0 aliphatic heterocycles. The van der Waals surface area contributed by atoms with E-state index in [0.29, 0.717) is 0 Å². The fraction of sp³-hybridized carbons (Fsp3) is 0.286. The van der Waals surface area contributed by atoms with E-state index in [-0.39, 0.29) is 0 Å². The highest BCUT2D eigenvalue weighted by Crippen LogP contribution is 2.01. The van der Waals surface area contributed by atoms with E-state index in [0.717, 1.165) is 12.0 Å². The number of benzene rings is 1. The lowest BCUT2D eigenvalue weighted by Gasteiger charge is -1.91. The Balaban J connectivity index is 2.60. The van der Waals surface area contributed by atoms with Crippen LogP contribution in [0.2, 0.25) is 0 Å². The van der Waals surface area contributed by atoms with Gasteiger partial charge in [-0.15, -0.1) is 0 Å². The van der Waals surface area contributed by atoms with Crippen LogP contribution in [0.1, 0.15) is 31.4 Å². The van der Waals surface area contributed by atoms with Gasteiger partial charge in [0.25, 0.3) is 0 Å². The molecule has 72 valence electrons. The van der Waals surface area contributed by atoms with Crippen molar-refractivity contribution in [2.45, 2.75) is 27.2 Å². The number of allylic oxidation sites excluding steroid dienone is 2. The maximum absolute atomic E-state index is 3.13. The first-order chi connectivity index (χ1) is 6.68. The van der Waals surface area contributed by atoms with E-state index in [4.69, 9.17) is 0 Å². The van der Waals surface area contributed by atoms with Gasteiger partial charge >= 0.3 is 0 Å². The summed E-state index contributed by atoms with van der Waals surface area (Å²) in [5, 5.41) is 0. The Labute approximate surface area is 86.7 Å². The molecule has 14 heavy (non-hydrogen) atoms. The molecule has 0 N–H and O–H groups in total. The predicted octanol–water partition coefficient (Wildman–Crippen LogP) is 3.70. The zero-order chi connectivity index (χ0) is 10.4. The van der Waals surface area contributed by atoms with Crippen molar-refractivity contribution in [3.8, 4) is 11.8 Å². The van der Waals surface area contributed by atoms with E-state index in [9.17, 15) is 0 Å². The number of aryl methyl sites for hydroxylation is 1. The van der Waals surface area contributed by atoms with Crippen molar-refractivity contribution >= 4 is 0 Å². The molecule has 0 atom stereocenters. The number of hydrogen-bond acceptors (Lipinski definition) is 0. The van der Waals surface area contributed by atoms with Crippen LogP contribution in [0.25, 0.3) is 0 Å². The van der Waals surface area contributed by atoms with E-state index < -0.39 is 0 Å². The average Bonchev–Trinajstić information content (AvgIpc) is 2.15. The summed E-state index contributed by atoms with van der Waals surface area (Å²) in [6.07, 6.45) is 2.98. The van der Waals surface area contributed by atoms with Crippen molar-refractivity contribution in [3.63, 3.8) is 0 Å². The third-order valence-corrected chi connectivity index (χ3v) is 1.90. The predicted molar refractivity (Wildman–Crippen MR) is 62.1 cm³/mol. The van der Waals surface area contributed by atoms with Crippen molar-refractivity contribution in [1.82, 2.24) is 0 Å². The van der Waals surface area contributed by atoms with Crippen LogP contribution in [0.3, 0.4) is 0 Å². The Morgan fingerprint density at radius 1 is 1.21 bits per heavy atom. The summed E-state index contributed by atoms with van der Waals surface area (Å²) in [7, 11) is 0. The maximum Gasteiger partial charge on any atom is 0.0275 e. The highest BCUT2D eigenvalue weighted by molar-refractivity contribution is 5.36. The van der Waals surface area contributed by atoms with Gasteiger partial charge in [-0.2, -0.15) is 0 Å². The second-order valence-corrected chi connectivity index (χ2v) is 3.65. The van der Waals surface area contributed by atoms with Crippen LogP contribution in [0, 0.1) is 18.8 Å². The summed E-state index contributed by atoms with van der Waals surface area (Å²) >= 11 is 0. The molecule has 1 rings (SSSR count). The SMILES string of the molecule is CC(C)=CCC#Cc1ccc(C)cc1. The summed E-state index contributed by atoms with van der Waals surface area (Å²) < 4.78 is 0. The normalized spacial score (nSPS) is 8.79. The Kier molecular flexibility index (Phi) is 4.01. The van der Waals surface area contributed by atoms with E-state index in [1.807, 2.05) is 0 Å². The summed E-state index contributed by atoms with van der Waals surface area (Å²) in [6.45, 7) is 6.27. The highest BCUT2D eigenvalue weighted by atomic mass is 13.9. The molecule has 0 unspecified atom stereocenters. The first-order valence-electron chi connectivity index (χ1n) is 4.87. The fourth-order valence-corrected chi connectivity index (χ4v) is 1.05. The molecule has 0 aliphatic rings. The molecule has 0 heteroatoms. The summed E-state index contributed by atoms with van der Waals surface area (Å²) in [5.41, 5.74) is 3.70. The molecule has 0 bridgehead atoms. The van der Waals surface area contributed by atoms with E-state index in [1.54, 1.807) is 0 Å². The molecule has 0 aliphatic carbocycles. The van der Waals surface area contributed by atoms with Crippen LogP contribution in [-0.2, 0) is 0 Å². The van der Waals surface area contributed by atoms with Gasteiger partial charge in [0, 0.05) is 12.0 Å². The first kappa shape index (κ1) is 10.6. The number of rotatable bonds is 1. The maximum atomic E-state index is 3.13. The molecule has 0 saturated carbocycles. The van der Waals surface area contributed by atoms with Gasteiger partial charge < -0.3 is 0 Å². The van der Waals surface area contributed by atoms with Gasteiger partial charge in [0.2, 0.25) is 0 Å². The molecule has 0 amide bonds. The topological polar surface area (TPSA) is 0 Å². The minimum Gasteiger partial charge on any atom is -0.0937 e. The summed E-state index contributed by atoms with van der Waals surface area (Å²) in [5.74, 6) is 6.26. The molecule has 1 aromatic rings. The third-order valence-electron chi connectivity index (χ3n) is 1.90. The van der Waals surface area contributed by atoms with Crippen LogP contribution in [0.15, 0.2) is 35.9 Å². The van der Waals surface area contributed by atoms with Crippen molar-refractivity contribution in [2.75, 3.05) is 0 Å². The quantitative estimate of drug-likeness (QED) is 0.461.